The number of nitriles is 1. The van der Waals surface area contributed by atoms with Crippen LogP contribution in [-0.2, 0) is 14.3 Å². The van der Waals surface area contributed by atoms with E-state index in [0.717, 1.165) is 19.3 Å². The van der Waals surface area contributed by atoms with Gasteiger partial charge in [-0.1, -0.05) is 0 Å². The average molecular weight is 316 g/mol. The number of amides is 1. The normalized spacial score (nSPS) is 21.6. The Morgan fingerprint density at radius 3 is 2.70 bits per heavy atom. The van der Waals surface area contributed by atoms with E-state index >= 15 is 0 Å². The molecule has 2 heterocycles. The summed E-state index contributed by atoms with van der Waals surface area (Å²) >= 11 is 0. The first-order chi connectivity index (χ1) is 11.0. The van der Waals surface area contributed by atoms with Crippen LogP contribution in [-0.4, -0.2) is 35.5 Å². The SMILES string of the molecule is C[C@@H]1CCC[C@@H](C)N1C(=O)COC(=O)/C(C#N)=C/c1ccco1. The standard InChI is InChI=1S/C17H20N2O4/c1-12-5-3-6-13(2)19(12)16(20)11-23-17(21)14(10-18)9-15-7-4-8-22-15/h4,7-9,12-13H,3,5-6,11H2,1-2H3/b14-9+/t12-,13-/m1/s1. The third kappa shape index (κ3) is 4.22. The second kappa shape index (κ2) is 7.63. The van der Waals surface area contributed by atoms with Crippen molar-refractivity contribution in [2.24, 2.45) is 0 Å². The zero-order valence-corrected chi connectivity index (χ0v) is 13.3. The van der Waals surface area contributed by atoms with Crippen LogP contribution in [0.4, 0.5) is 0 Å². The highest BCUT2D eigenvalue weighted by Crippen LogP contribution is 2.22. The van der Waals surface area contributed by atoms with Crippen LogP contribution in [0.5, 0.6) is 0 Å². The third-order valence-corrected chi connectivity index (χ3v) is 3.98. The van der Waals surface area contributed by atoms with Gasteiger partial charge in [0, 0.05) is 18.2 Å². The van der Waals surface area contributed by atoms with Crippen molar-refractivity contribution >= 4 is 18.0 Å². The highest BCUT2D eigenvalue weighted by atomic mass is 16.5. The molecule has 6 nitrogen and oxygen atoms in total. The number of carbonyl (C=O) groups is 2. The summed E-state index contributed by atoms with van der Waals surface area (Å²) < 4.78 is 10.0. The number of rotatable bonds is 4. The molecule has 2 atom stereocenters. The molecule has 1 aliphatic rings. The predicted molar refractivity (Wildman–Crippen MR) is 82.9 cm³/mol. The van der Waals surface area contributed by atoms with Gasteiger partial charge in [0.05, 0.1) is 6.26 Å². The summed E-state index contributed by atoms with van der Waals surface area (Å²) in [6.07, 6.45) is 5.72. The van der Waals surface area contributed by atoms with Crippen LogP contribution in [0, 0.1) is 11.3 Å². The fourth-order valence-electron chi connectivity index (χ4n) is 2.84. The second-order valence-corrected chi connectivity index (χ2v) is 5.69. The molecule has 23 heavy (non-hydrogen) atoms. The lowest BCUT2D eigenvalue weighted by molar-refractivity contribution is -0.151. The number of esters is 1. The first kappa shape index (κ1) is 16.8. The summed E-state index contributed by atoms with van der Waals surface area (Å²) in [5.74, 6) is -0.675. The van der Waals surface area contributed by atoms with E-state index < -0.39 is 5.97 Å². The van der Waals surface area contributed by atoms with Crippen LogP contribution >= 0.6 is 0 Å². The minimum atomic E-state index is -0.824. The number of piperidine rings is 1. The highest BCUT2D eigenvalue weighted by molar-refractivity contribution is 5.98. The minimum Gasteiger partial charge on any atom is -0.465 e. The highest BCUT2D eigenvalue weighted by Gasteiger charge is 2.29. The van der Waals surface area contributed by atoms with Crippen LogP contribution in [0.1, 0.15) is 38.9 Å². The number of likely N-dealkylation sites (tertiary alicyclic amines) is 1. The van der Waals surface area contributed by atoms with Gasteiger partial charge in [-0.2, -0.15) is 5.26 Å². The zero-order valence-electron chi connectivity index (χ0n) is 13.3. The fourth-order valence-corrected chi connectivity index (χ4v) is 2.84. The molecule has 0 aliphatic carbocycles. The van der Waals surface area contributed by atoms with E-state index in [2.05, 4.69) is 0 Å². The number of furan rings is 1. The van der Waals surface area contributed by atoms with E-state index in [1.165, 1.54) is 12.3 Å². The van der Waals surface area contributed by atoms with Gasteiger partial charge in [-0.3, -0.25) is 4.79 Å². The Balaban J connectivity index is 1.95. The average Bonchev–Trinajstić information content (AvgIpc) is 3.03. The summed E-state index contributed by atoms with van der Waals surface area (Å²) in [6.45, 7) is 3.63. The van der Waals surface area contributed by atoms with E-state index in [4.69, 9.17) is 14.4 Å². The molecule has 1 aliphatic heterocycles. The number of hydrogen-bond acceptors (Lipinski definition) is 5. The first-order valence-electron chi connectivity index (χ1n) is 7.66. The third-order valence-electron chi connectivity index (χ3n) is 3.98. The first-order valence-corrected chi connectivity index (χ1v) is 7.66. The Kier molecular flexibility index (Phi) is 5.58. The van der Waals surface area contributed by atoms with Crippen LogP contribution in [0.15, 0.2) is 28.4 Å². The van der Waals surface area contributed by atoms with Crippen LogP contribution in [0.2, 0.25) is 0 Å². The van der Waals surface area contributed by atoms with E-state index in [-0.39, 0.29) is 30.2 Å². The number of hydrogen-bond donors (Lipinski definition) is 0. The molecule has 1 aromatic heterocycles. The molecule has 1 aromatic rings. The monoisotopic (exact) mass is 316 g/mol. The molecule has 0 bridgehead atoms. The molecule has 122 valence electrons. The van der Waals surface area contributed by atoms with Crippen molar-refractivity contribution < 1.29 is 18.7 Å². The largest absolute Gasteiger partial charge is 0.465 e. The molecule has 0 aromatic carbocycles. The quantitative estimate of drug-likeness (QED) is 0.484. The Bertz CT molecular complexity index is 618. The Hall–Kier alpha value is -2.55. The summed E-state index contributed by atoms with van der Waals surface area (Å²) in [6, 6.07) is 5.30. The Morgan fingerprint density at radius 1 is 1.43 bits per heavy atom. The van der Waals surface area contributed by atoms with Crippen LogP contribution in [0.3, 0.4) is 0 Å². The van der Waals surface area contributed by atoms with Crippen molar-refractivity contribution in [2.75, 3.05) is 6.61 Å². The molecule has 0 unspecified atom stereocenters. The van der Waals surface area contributed by atoms with Gasteiger partial charge < -0.3 is 14.1 Å². The van der Waals surface area contributed by atoms with E-state index in [1.807, 2.05) is 13.8 Å². The molecular weight excluding hydrogens is 296 g/mol. The van der Waals surface area contributed by atoms with Gasteiger partial charge in [-0.25, -0.2) is 4.79 Å². The van der Waals surface area contributed by atoms with Crippen molar-refractivity contribution in [1.29, 1.82) is 5.26 Å². The van der Waals surface area contributed by atoms with E-state index in [1.54, 1.807) is 23.1 Å². The maximum atomic E-state index is 12.3. The fraction of sp³-hybridized carbons (Fsp3) is 0.471. The molecular formula is C17H20N2O4. The molecule has 1 saturated heterocycles. The van der Waals surface area contributed by atoms with E-state index in [0.29, 0.717) is 5.76 Å². The van der Waals surface area contributed by atoms with Crippen molar-refractivity contribution in [1.82, 2.24) is 4.90 Å². The van der Waals surface area contributed by atoms with Crippen molar-refractivity contribution in [3.8, 4) is 6.07 Å². The van der Waals surface area contributed by atoms with Crippen molar-refractivity contribution in [3.05, 3.63) is 29.7 Å². The zero-order chi connectivity index (χ0) is 16.8. The molecule has 1 amide bonds. The lowest BCUT2D eigenvalue weighted by Gasteiger charge is -2.38. The number of nitrogens with zero attached hydrogens (tertiary/aromatic N) is 2. The summed E-state index contributed by atoms with van der Waals surface area (Å²) in [5, 5.41) is 9.04. The smallest absolute Gasteiger partial charge is 0.349 e. The van der Waals surface area contributed by atoms with Gasteiger partial charge in [0.1, 0.15) is 17.4 Å². The topological polar surface area (TPSA) is 83.5 Å². The number of carbonyl (C=O) groups excluding carboxylic acids is 2. The minimum absolute atomic E-state index is 0.138. The molecule has 0 saturated carbocycles. The van der Waals surface area contributed by atoms with E-state index in [9.17, 15) is 9.59 Å². The lowest BCUT2D eigenvalue weighted by atomic mass is 9.97. The molecule has 0 N–H and O–H groups in total. The summed E-state index contributed by atoms with van der Waals surface area (Å²) in [5.41, 5.74) is -0.201. The van der Waals surface area contributed by atoms with Crippen LogP contribution in [0.25, 0.3) is 6.08 Å². The Morgan fingerprint density at radius 2 is 2.13 bits per heavy atom. The van der Waals surface area contributed by atoms with Crippen molar-refractivity contribution in [2.45, 2.75) is 45.2 Å². The molecule has 1 fully saturated rings. The van der Waals surface area contributed by atoms with Crippen molar-refractivity contribution in [3.63, 3.8) is 0 Å². The van der Waals surface area contributed by atoms with Gasteiger partial charge >= 0.3 is 5.97 Å². The maximum absolute atomic E-state index is 12.3. The summed E-state index contributed by atoms with van der Waals surface area (Å²) in [7, 11) is 0. The molecule has 0 radical (unpaired) electrons. The predicted octanol–water partition coefficient (Wildman–Crippen LogP) is 2.52. The molecule has 2 rings (SSSR count). The van der Waals surface area contributed by atoms with Gasteiger partial charge in [0.15, 0.2) is 6.61 Å². The van der Waals surface area contributed by atoms with Gasteiger partial charge in [-0.15, -0.1) is 0 Å². The van der Waals surface area contributed by atoms with Gasteiger partial charge in [0.25, 0.3) is 5.91 Å². The van der Waals surface area contributed by atoms with Gasteiger partial charge in [-0.05, 0) is 45.2 Å². The van der Waals surface area contributed by atoms with Crippen LogP contribution < -0.4 is 0 Å². The maximum Gasteiger partial charge on any atom is 0.349 e. The Labute approximate surface area is 135 Å². The lowest BCUT2D eigenvalue weighted by Crippen LogP contribution is -2.49. The summed E-state index contributed by atoms with van der Waals surface area (Å²) in [4.78, 5) is 26.0. The molecule has 0 spiro atoms. The van der Waals surface area contributed by atoms with Gasteiger partial charge in [0.2, 0.25) is 0 Å². The second-order valence-electron chi connectivity index (χ2n) is 5.69. The molecule has 6 heteroatoms. The number of ether oxygens (including phenoxy) is 1.